The fourth-order valence-electron chi connectivity index (χ4n) is 4.69. The van der Waals surface area contributed by atoms with Crippen LogP contribution < -0.4 is 5.32 Å². The average molecular weight is 307 g/mol. The number of hydrogen-bond donors (Lipinski definition) is 2. The standard InChI is InChI=1S/C21H25NO/c23-21-13-7-5-11-17(21)20-14-18(15-8-2-1-3-9-15)16-10-4-6-12-19(16)22-20/h1-3,5,7-9,11,13,16,18-20,22-23H,4,6,10,12,14H2. The van der Waals surface area contributed by atoms with E-state index in [4.69, 9.17) is 0 Å². The Hall–Kier alpha value is -1.80. The fraction of sp³-hybridized carbons (Fsp3) is 0.429. The van der Waals surface area contributed by atoms with Crippen LogP contribution in [0.1, 0.15) is 55.2 Å². The molecule has 120 valence electrons. The van der Waals surface area contributed by atoms with Gasteiger partial charge in [-0.1, -0.05) is 61.4 Å². The van der Waals surface area contributed by atoms with E-state index < -0.39 is 0 Å². The smallest absolute Gasteiger partial charge is 0.120 e. The summed E-state index contributed by atoms with van der Waals surface area (Å²) in [4.78, 5) is 0. The first-order valence-electron chi connectivity index (χ1n) is 8.92. The molecule has 1 saturated carbocycles. The largest absolute Gasteiger partial charge is 0.508 e. The second-order valence-electron chi connectivity index (χ2n) is 7.09. The van der Waals surface area contributed by atoms with Gasteiger partial charge < -0.3 is 10.4 Å². The molecule has 2 N–H and O–H groups in total. The van der Waals surface area contributed by atoms with Gasteiger partial charge in [0, 0.05) is 17.6 Å². The summed E-state index contributed by atoms with van der Waals surface area (Å²) in [6.07, 6.45) is 6.34. The topological polar surface area (TPSA) is 32.3 Å². The number of nitrogens with one attached hydrogen (secondary N) is 1. The lowest BCUT2D eigenvalue weighted by atomic mass is 9.68. The predicted molar refractivity (Wildman–Crippen MR) is 93.5 cm³/mol. The van der Waals surface area contributed by atoms with E-state index in [0.29, 0.717) is 17.7 Å². The fourth-order valence-corrected chi connectivity index (χ4v) is 4.69. The van der Waals surface area contributed by atoms with E-state index in [1.54, 1.807) is 0 Å². The van der Waals surface area contributed by atoms with E-state index >= 15 is 0 Å². The number of para-hydroxylation sites is 1. The Morgan fingerprint density at radius 2 is 1.61 bits per heavy atom. The monoisotopic (exact) mass is 307 g/mol. The van der Waals surface area contributed by atoms with Gasteiger partial charge in [-0.15, -0.1) is 0 Å². The highest BCUT2D eigenvalue weighted by molar-refractivity contribution is 5.36. The Morgan fingerprint density at radius 3 is 2.43 bits per heavy atom. The molecule has 1 heterocycles. The normalized spacial score (nSPS) is 30.6. The summed E-state index contributed by atoms with van der Waals surface area (Å²) in [5, 5.41) is 14.1. The van der Waals surface area contributed by atoms with Crippen molar-refractivity contribution in [1.29, 1.82) is 0 Å². The van der Waals surface area contributed by atoms with Crippen LogP contribution in [0.25, 0.3) is 0 Å². The molecular weight excluding hydrogens is 282 g/mol. The third-order valence-corrected chi connectivity index (χ3v) is 5.78. The zero-order valence-electron chi connectivity index (χ0n) is 13.5. The Balaban J connectivity index is 1.68. The number of benzene rings is 2. The Labute approximate surface area is 138 Å². The van der Waals surface area contributed by atoms with Crippen LogP contribution >= 0.6 is 0 Å². The molecular formula is C21H25NO. The first-order chi connectivity index (χ1) is 11.3. The zero-order chi connectivity index (χ0) is 15.6. The molecule has 4 atom stereocenters. The molecule has 0 amide bonds. The van der Waals surface area contributed by atoms with Crippen molar-refractivity contribution >= 4 is 0 Å². The maximum Gasteiger partial charge on any atom is 0.120 e. The molecule has 4 rings (SSSR count). The van der Waals surface area contributed by atoms with Crippen LogP contribution in [0.2, 0.25) is 0 Å². The summed E-state index contributed by atoms with van der Waals surface area (Å²) < 4.78 is 0. The van der Waals surface area contributed by atoms with Crippen molar-refractivity contribution in [3.05, 3.63) is 65.7 Å². The van der Waals surface area contributed by atoms with Gasteiger partial charge in [-0.2, -0.15) is 0 Å². The Morgan fingerprint density at radius 1 is 0.870 bits per heavy atom. The van der Waals surface area contributed by atoms with Crippen molar-refractivity contribution in [2.45, 2.75) is 50.1 Å². The Kier molecular flexibility index (Phi) is 4.09. The van der Waals surface area contributed by atoms with E-state index in [9.17, 15) is 5.11 Å². The minimum absolute atomic E-state index is 0.251. The Bertz CT molecular complexity index is 654. The molecule has 23 heavy (non-hydrogen) atoms. The van der Waals surface area contributed by atoms with E-state index in [2.05, 4.69) is 41.7 Å². The first kappa shape index (κ1) is 14.8. The lowest BCUT2D eigenvalue weighted by molar-refractivity contribution is 0.148. The lowest BCUT2D eigenvalue weighted by Gasteiger charge is -2.46. The van der Waals surface area contributed by atoms with Crippen molar-refractivity contribution in [3.63, 3.8) is 0 Å². The number of piperidine rings is 1. The third kappa shape index (κ3) is 2.88. The summed E-state index contributed by atoms with van der Waals surface area (Å²) in [7, 11) is 0. The van der Waals surface area contributed by atoms with Gasteiger partial charge in [0.25, 0.3) is 0 Å². The molecule has 2 heteroatoms. The first-order valence-corrected chi connectivity index (χ1v) is 8.92. The summed E-state index contributed by atoms with van der Waals surface area (Å²) in [6.45, 7) is 0. The van der Waals surface area contributed by atoms with Crippen molar-refractivity contribution in [1.82, 2.24) is 5.32 Å². The summed E-state index contributed by atoms with van der Waals surface area (Å²) in [6, 6.07) is 19.6. The molecule has 0 bridgehead atoms. The molecule has 2 fully saturated rings. The number of fused-ring (bicyclic) bond motifs is 1. The van der Waals surface area contributed by atoms with Crippen LogP contribution in [-0.4, -0.2) is 11.1 Å². The van der Waals surface area contributed by atoms with Gasteiger partial charge in [0.15, 0.2) is 0 Å². The van der Waals surface area contributed by atoms with Gasteiger partial charge in [-0.3, -0.25) is 0 Å². The van der Waals surface area contributed by atoms with E-state index in [-0.39, 0.29) is 6.04 Å². The number of phenolic OH excluding ortho intramolecular Hbond substituents is 1. The van der Waals surface area contributed by atoms with E-state index in [0.717, 1.165) is 17.9 Å². The molecule has 1 saturated heterocycles. The van der Waals surface area contributed by atoms with Gasteiger partial charge >= 0.3 is 0 Å². The summed E-state index contributed by atoms with van der Waals surface area (Å²) in [5.41, 5.74) is 2.52. The van der Waals surface area contributed by atoms with Crippen LogP contribution in [-0.2, 0) is 0 Å². The third-order valence-electron chi connectivity index (χ3n) is 5.78. The lowest BCUT2D eigenvalue weighted by Crippen LogP contribution is -2.48. The van der Waals surface area contributed by atoms with Crippen molar-refractivity contribution in [2.24, 2.45) is 5.92 Å². The maximum atomic E-state index is 10.3. The molecule has 0 radical (unpaired) electrons. The molecule has 4 unspecified atom stereocenters. The highest BCUT2D eigenvalue weighted by Gasteiger charge is 2.40. The second-order valence-corrected chi connectivity index (χ2v) is 7.09. The summed E-state index contributed by atoms with van der Waals surface area (Å²) >= 11 is 0. The van der Waals surface area contributed by atoms with Crippen LogP contribution in [0.5, 0.6) is 5.75 Å². The van der Waals surface area contributed by atoms with Crippen LogP contribution in [0, 0.1) is 5.92 Å². The van der Waals surface area contributed by atoms with Crippen molar-refractivity contribution in [3.8, 4) is 5.75 Å². The molecule has 2 nitrogen and oxygen atoms in total. The molecule has 2 aromatic carbocycles. The number of rotatable bonds is 2. The maximum absolute atomic E-state index is 10.3. The predicted octanol–water partition coefficient (Wildman–Crippen LogP) is 4.77. The van der Waals surface area contributed by atoms with Crippen molar-refractivity contribution in [2.75, 3.05) is 0 Å². The molecule has 0 aromatic heterocycles. The molecule has 0 spiro atoms. The van der Waals surface area contributed by atoms with E-state index in [1.165, 1.54) is 31.2 Å². The number of aromatic hydroxyl groups is 1. The van der Waals surface area contributed by atoms with Crippen LogP contribution in [0.15, 0.2) is 54.6 Å². The van der Waals surface area contributed by atoms with Gasteiger partial charge in [0.2, 0.25) is 0 Å². The van der Waals surface area contributed by atoms with Gasteiger partial charge in [0.05, 0.1) is 0 Å². The minimum atomic E-state index is 0.251. The molecule has 1 aliphatic carbocycles. The molecule has 2 aliphatic rings. The van der Waals surface area contributed by atoms with E-state index in [1.807, 2.05) is 18.2 Å². The number of phenols is 1. The second kappa shape index (κ2) is 6.37. The van der Waals surface area contributed by atoms with Crippen LogP contribution in [0.3, 0.4) is 0 Å². The molecule has 1 aliphatic heterocycles. The van der Waals surface area contributed by atoms with Gasteiger partial charge in [-0.05, 0) is 42.7 Å². The number of hydrogen-bond acceptors (Lipinski definition) is 2. The quantitative estimate of drug-likeness (QED) is 0.837. The SMILES string of the molecule is Oc1ccccc1C1CC(c2ccccc2)C2CCCCC2N1. The summed E-state index contributed by atoms with van der Waals surface area (Å²) in [5.74, 6) is 1.74. The molecule has 2 aromatic rings. The average Bonchev–Trinajstić information content (AvgIpc) is 2.62. The zero-order valence-corrected chi connectivity index (χ0v) is 13.5. The van der Waals surface area contributed by atoms with Crippen LogP contribution in [0.4, 0.5) is 0 Å². The minimum Gasteiger partial charge on any atom is -0.508 e. The highest BCUT2D eigenvalue weighted by atomic mass is 16.3. The van der Waals surface area contributed by atoms with Gasteiger partial charge in [0.1, 0.15) is 5.75 Å². The van der Waals surface area contributed by atoms with Gasteiger partial charge in [-0.25, -0.2) is 0 Å². The van der Waals surface area contributed by atoms with Crippen molar-refractivity contribution < 1.29 is 5.11 Å². The highest BCUT2D eigenvalue weighted by Crippen LogP contribution is 2.46.